The van der Waals surface area contributed by atoms with E-state index < -0.39 is 0 Å². The maximum atomic E-state index is 12.6. The van der Waals surface area contributed by atoms with E-state index in [4.69, 9.17) is 9.15 Å². The molecule has 0 spiro atoms. The Kier molecular flexibility index (Phi) is 5.68. The van der Waals surface area contributed by atoms with Crippen molar-refractivity contribution in [1.82, 2.24) is 0 Å². The Morgan fingerprint density at radius 1 is 0.939 bits per heavy atom. The SMILES string of the molecule is Cc1ccc(N2C(=O)CSC2c2ccc(OCc3cc(=O)oc4ccc(C)cc34)cc2)cc1. The first-order valence-corrected chi connectivity index (χ1v) is 11.8. The molecule has 6 heteroatoms. The molecule has 5 nitrogen and oxygen atoms in total. The largest absolute Gasteiger partial charge is 0.489 e. The molecule has 0 radical (unpaired) electrons. The normalized spacial score (nSPS) is 15.9. The van der Waals surface area contributed by atoms with Gasteiger partial charge in [-0.05, 0) is 55.8 Å². The highest BCUT2D eigenvalue weighted by Gasteiger charge is 2.33. The van der Waals surface area contributed by atoms with Gasteiger partial charge in [-0.3, -0.25) is 9.69 Å². The van der Waals surface area contributed by atoms with Gasteiger partial charge in [0.1, 0.15) is 23.3 Å². The van der Waals surface area contributed by atoms with Crippen LogP contribution in [0, 0.1) is 13.8 Å². The maximum absolute atomic E-state index is 12.6. The molecule has 3 aromatic carbocycles. The van der Waals surface area contributed by atoms with E-state index in [2.05, 4.69) is 0 Å². The van der Waals surface area contributed by atoms with Crippen LogP contribution in [0.2, 0.25) is 0 Å². The van der Waals surface area contributed by atoms with Gasteiger partial charge < -0.3 is 9.15 Å². The molecule has 1 saturated heterocycles. The molecule has 1 aliphatic rings. The Labute approximate surface area is 196 Å². The number of nitrogens with zero attached hydrogens (tertiary/aromatic N) is 1. The van der Waals surface area contributed by atoms with Crippen LogP contribution in [0.25, 0.3) is 11.0 Å². The number of fused-ring (bicyclic) bond motifs is 1. The number of aryl methyl sites for hydroxylation is 2. The average Bonchev–Trinajstić information content (AvgIpc) is 3.20. The standard InChI is InChI=1S/C27H23NO4S/c1-17-3-8-21(9-4-17)28-25(29)16-33-27(28)19-6-10-22(11-7-19)31-15-20-14-26(30)32-24-12-5-18(2)13-23(20)24/h3-14,27H,15-16H2,1-2H3. The molecule has 0 aliphatic carbocycles. The highest BCUT2D eigenvalue weighted by atomic mass is 32.2. The van der Waals surface area contributed by atoms with Crippen LogP contribution in [0.4, 0.5) is 5.69 Å². The van der Waals surface area contributed by atoms with Gasteiger partial charge in [0.05, 0.1) is 5.75 Å². The maximum Gasteiger partial charge on any atom is 0.336 e. The second-order valence-electron chi connectivity index (χ2n) is 8.21. The fraction of sp³-hybridized carbons (Fsp3) is 0.185. The van der Waals surface area contributed by atoms with Crippen LogP contribution in [0.5, 0.6) is 5.75 Å². The molecule has 1 aliphatic heterocycles. The first-order chi connectivity index (χ1) is 16.0. The number of ether oxygens (including phenoxy) is 1. The third-order valence-corrected chi connectivity index (χ3v) is 6.94. The number of amides is 1. The van der Waals surface area contributed by atoms with Gasteiger partial charge in [0.2, 0.25) is 5.91 Å². The Morgan fingerprint density at radius 2 is 1.67 bits per heavy atom. The van der Waals surface area contributed by atoms with Crippen LogP contribution in [0.1, 0.15) is 27.6 Å². The highest BCUT2D eigenvalue weighted by Crippen LogP contribution is 2.42. The van der Waals surface area contributed by atoms with E-state index in [0.717, 1.165) is 33.3 Å². The number of rotatable bonds is 5. The van der Waals surface area contributed by atoms with Crippen molar-refractivity contribution in [2.24, 2.45) is 0 Å². The first kappa shape index (κ1) is 21.3. The number of anilines is 1. The quantitative estimate of drug-likeness (QED) is 0.356. The molecule has 0 bridgehead atoms. The van der Waals surface area contributed by atoms with Crippen molar-refractivity contribution in [1.29, 1.82) is 0 Å². The van der Waals surface area contributed by atoms with Crippen molar-refractivity contribution in [2.45, 2.75) is 25.8 Å². The van der Waals surface area contributed by atoms with Gasteiger partial charge >= 0.3 is 5.63 Å². The molecule has 33 heavy (non-hydrogen) atoms. The number of hydrogen-bond donors (Lipinski definition) is 0. The Hall–Kier alpha value is -3.51. The number of thioether (sulfide) groups is 1. The zero-order valence-electron chi connectivity index (χ0n) is 18.4. The minimum absolute atomic E-state index is 0.0695. The number of benzene rings is 3. The molecule has 5 rings (SSSR count). The van der Waals surface area contributed by atoms with Crippen molar-refractivity contribution in [3.63, 3.8) is 0 Å². The van der Waals surface area contributed by atoms with Crippen LogP contribution in [-0.4, -0.2) is 11.7 Å². The van der Waals surface area contributed by atoms with Crippen molar-refractivity contribution in [2.75, 3.05) is 10.7 Å². The molecule has 1 atom stereocenters. The first-order valence-electron chi connectivity index (χ1n) is 10.7. The summed E-state index contributed by atoms with van der Waals surface area (Å²) in [4.78, 5) is 26.4. The van der Waals surface area contributed by atoms with Gasteiger partial charge in [-0.1, -0.05) is 41.5 Å². The third kappa shape index (κ3) is 4.39. The molecule has 1 amide bonds. The van der Waals surface area contributed by atoms with Gasteiger partial charge in [-0.15, -0.1) is 11.8 Å². The van der Waals surface area contributed by atoms with Crippen LogP contribution < -0.4 is 15.3 Å². The Bertz CT molecular complexity index is 1380. The lowest BCUT2D eigenvalue weighted by molar-refractivity contribution is -0.115. The molecule has 166 valence electrons. The van der Waals surface area contributed by atoms with Crippen molar-refractivity contribution in [3.8, 4) is 5.75 Å². The molecule has 0 N–H and O–H groups in total. The molecular formula is C27H23NO4S. The van der Waals surface area contributed by atoms with Gasteiger partial charge in [0, 0.05) is 22.7 Å². The van der Waals surface area contributed by atoms with Crippen LogP contribution >= 0.6 is 11.8 Å². The summed E-state index contributed by atoms with van der Waals surface area (Å²) in [6.07, 6.45) is 0. The fourth-order valence-electron chi connectivity index (χ4n) is 4.01. The highest BCUT2D eigenvalue weighted by molar-refractivity contribution is 8.00. The zero-order valence-corrected chi connectivity index (χ0v) is 19.2. The zero-order chi connectivity index (χ0) is 22.9. The summed E-state index contributed by atoms with van der Waals surface area (Å²) >= 11 is 1.62. The summed E-state index contributed by atoms with van der Waals surface area (Å²) in [6.45, 7) is 4.29. The Balaban J connectivity index is 1.35. The predicted octanol–water partition coefficient (Wildman–Crippen LogP) is 5.77. The molecule has 2 heterocycles. The molecule has 0 saturated carbocycles. The van der Waals surface area contributed by atoms with Crippen molar-refractivity contribution in [3.05, 3.63) is 105 Å². The monoisotopic (exact) mass is 457 g/mol. The topological polar surface area (TPSA) is 59.8 Å². The van der Waals surface area contributed by atoms with Crippen LogP contribution in [0.15, 0.2) is 82.0 Å². The summed E-state index contributed by atoms with van der Waals surface area (Å²) in [5.41, 5.74) is 5.15. The summed E-state index contributed by atoms with van der Waals surface area (Å²) in [5, 5.41) is 0.806. The Morgan fingerprint density at radius 3 is 2.42 bits per heavy atom. The van der Waals surface area contributed by atoms with Gasteiger partial charge in [-0.2, -0.15) is 0 Å². The van der Waals surface area contributed by atoms with Gasteiger partial charge in [0.15, 0.2) is 0 Å². The molecule has 1 aromatic heterocycles. The van der Waals surface area contributed by atoms with Crippen LogP contribution in [-0.2, 0) is 11.4 Å². The second kappa shape index (κ2) is 8.79. The van der Waals surface area contributed by atoms with E-state index in [1.807, 2.05) is 85.5 Å². The predicted molar refractivity (Wildman–Crippen MR) is 132 cm³/mol. The molecule has 1 unspecified atom stereocenters. The number of carbonyl (C=O) groups excluding carboxylic acids is 1. The molecule has 1 fully saturated rings. The van der Waals surface area contributed by atoms with E-state index in [9.17, 15) is 9.59 Å². The lowest BCUT2D eigenvalue weighted by atomic mass is 10.1. The van der Waals surface area contributed by atoms with E-state index in [1.54, 1.807) is 11.8 Å². The van der Waals surface area contributed by atoms with Crippen LogP contribution in [0.3, 0.4) is 0 Å². The lowest BCUT2D eigenvalue weighted by Gasteiger charge is -2.24. The van der Waals surface area contributed by atoms with E-state index in [-0.39, 0.29) is 23.5 Å². The van der Waals surface area contributed by atoms with Gasteiger partial charge in [-0.25, -0.2) is 4.79 Å². The lowest BCUT2D eigenvalue weighted by Crippen LogP contribution is -2.27. The minimum Gasteiger partial charge on any atom is -0.489 e. The number of carbonyl (C=O) groups is 1. The summed E-state index contributed by atoms with van der Waals surface area (Å²) in [6, 6.07) is 23.0. The third-order valence-electron chi connectivity index (χ3n) is 5.72. The smallest absolute Gasteiger partial charge is 0.336 e. The fourth-order valence-corrected chi connectivity index (χ4v) is 5.18. The second-order valence-corrected chi connectivity index (χ2v) is 9.28. The van der Waals surface area contributed by atoms with Crippen molar-refractivity contribution < 1.29 is 13.9 Å². The molecular weight excluding hydrogens is 434 g/mol. The van der Waals surface area contributed by atoms with Gasteiger partial charge in [0.25, 0.3) is 0 Å². The van der Waals surface area contributed by atoms with E-state index in [1.165, 1.54) is 6.07 Å². The summed E-state index contributed by atoms with van der Waals surface area (Å²) in [5.74, 6) is 1.27. The van der Waals surface area contributed by atoms with E-state index >= 15 is 0 Å². The van der Waals surface area contributed by atoms with E-state index in [0.29, 0.717) is 17.1 Å². The molecule has 4 aromatic rings. The average molecular weight is 458 g/mol. The summed E-state index contributed by atoms with van der Waals surface area (Å²) in [7, 11) is 0. The minimum atomic E-state index is -0.389. The van der Waals surface area contributed by atoms with Crippen molar-refractivity contribution >= 4 is 34.3 Å². The summed E-state index contributed by atoms with van der Waals surface area (Å²) < 4.78 is 11.3. The number of hydrogen-bond acceptors (Lipinski definition) is 5.